The van der Waals surface area contributed by atoms with Crippen LogP contribution in [0.1, 0.15) is 26.7 Å². The highest BCUT2D eigenvalue weighted by atomic mass is 32.2. The van der Waals surface area contributed by atoms with E-state index in [4.69, 9.17) is 0 Å². The largest absolute Gasteiger partial charge is 0.155 e. The molecule has 0 saturated carbocycles. The monoisotopic (exact) mass is 142 g/mol. The van der Waals surface area contributed by atoms with E-state index in [2.05, 4.69) is 25.6 Å². The van der Waals surface area contributed by atoms with Crippen molar-refractivity contribution < 1.29 is 0 Å². The Balaban J connectivity index is 2.13. The zero-order valence-corrected chi connectivity index (χ0v) is 6.95. The van der Waals surface area contributed by atoms with E-state index >= 15 is 0 Å². The molecule has 2 rings (SSSR count). The van der Waals surface area contributed by atoms with Gasteiger partial charge in [0, 0.05) is 10.5 Å². The second-order valence-corrected chi connectivity index (χ2v) is 5.13. The molecule has 2 aliphatic rings. The molecule has 9 heavy (non-hydrogen) atoms. The Hall–Kier alpha value is 0.350. The summed E-state index contributed by atoms with van der Waals surface area (Å²) in [5.74, 6) is 2.03. The highest BCUT2D eigenvalue weighted by Gasteiger charge is 2.42. The fourth-order valence-corrected chi connectivity index (χ4v) is 4.39. The lowest BCUT2D eigenvalue weighted by atomic mass is 9.84. The van der Waals surface area contributed by atoms with Crippen LogP contribution in [0.15, 0.2) is 0 Å². The molecule has 0 spiro atoms. The van der Waals surface area contributed by atoms with Crippen LogP contribution in [0.4, 0.5) is 0 Å². The Kier molecular flexibility index (Phi) is 1.29. The lowest BCUT2D eigenvalue weighted by Gasteiger charge is -2.21. The van der Waals surface area contributed by atoms with Crippen LogP contribution >= 0.6 is 11.8 Å². The minimum atomic E-state index is 1.02. The maximum atomic E-state index is 2.41. The molecule has 2 bridgehead atoms. The quantitative estimate of drug-likeness (QED) is 0.501. The van der Waals surface area contributed by atoms with E-state index in [1.54, 1.807) is 0 Å². The van der Waals surface area contributed by atoms with Gasteiger partial charge in [-0.25, -0.2) is 0 Å². The molecule has 0 radical (unpaired) electrons. The third-order valence-electron chi connectivity index (χ3n) is 2.74. The Bertz CT molecular complexity index is 110. The smallest absolute Gasteiger partial charge is 0.0102 e. The summed E-state index contributed by atoms with van der Waals surface area (Å²) in [5.41, 5.74) is 0. The summed E-state index contributed by atoms with van der Waals surface area (Å²) in [4.78, 5) is 0. The molecule has 2 unspecified atom stereocenters. The maximum Gasteiger partial charge on any atom is 0.0102 e. The Morgan fingerprint density at radius 2 is 1.67 bits per heavy atom. The Morgan fingerprint density at radius 3 is 1.89 bits per heavy atom. The molecule has 0 aromatic carbocycles. The third-order valence-corrected chi connectivity index (χ3v) is 4.75. The van der Waals surface area contributed by atoms with Crippen LogP contribution in [-0.4, -0.2) is 10.5 Å². The van der Waals surface area contributed by atoms with E-state index in [1.165, 1.54) is 12.8 Å². The van der Waals surface area contributed by atoms with Crippen molar-refractivity contribution in [3.63, 3.8) is 0 Å². The highest BCUT2D eigenvalue weighted by Crippen LogP contribution is 2.51. The molecule has 0 N–H and O–H groups in total. The van der Waals surface area contributed by atoms with Gasteiger partial charge in [-0.1, -0.05) is 13.8 Å². The average molecular weight is 142 g/mol. The molecule has 2 heterocycles. The maximum absolute atomic E-state index is 2.41. The SMILES string of the molecule is C[C@@H]1CC2C[C@H](C)C1S2. The molecular formula is C8H14S. The van der Waals surface area contributed by atoms with Crippen LogP contribution in [0, 0.1) is 11.8 Å². The van der Waals surface area contributed by atoms with Crippen molar-refractivity contribution in [2.24, 2.45) is 11.8 Å². The summed E-state index contributed by atoms with van der Waals surface area (Å²) >= 11 is 2.25. The molecule has 2 fully saturated rings. The van der Waals surface area contributed by atoms with Crippen LogP contribution in [0.2, 0.25) is 0 Å². The van der Waals surface area contributed by atoms with E-state index in [1.807, 2.05) is 0 Å². The van der Waals surface area contributed by atoms with E-state index in [-0.39, 0.29) is 0 Å². The van der Waals surface area contributed by atoms with Crippen molar-refractivity contribution in [2.75, 3.05) is 0 Å². The van der Waals surface area contributed by atoms with Crippen molar-refractivity contribution in [3.05, 3.63) is 0 Å². The van der Waals surface area contributed by atoms with E-state index < -0.39 is 0 Å². The van der Waals surface area contributed by atoms with Crippen molar-refractivity contribution in [1.29, 1.82) is 0 Å². The van der Waals surface area contributed by atoms with Crippen molar-refractivity contribution in [2.45, 2.75) is 37.2 Å². The first kappa shape index (κ1) is 6.09. The molecular weight excluding hydrogens is 128 g/mol. The zero-order valence-electron chi connectivity index (χ0n) is 6.13. The summed E-state index contributed by atoms with van der Waals surface area (Å²) in [6.07, 6.45) is 3.00. The van der Waals surface area contributed by atoms with Crippen LogP contribution in [0.3, 0.4) is 0 Å². The highest BCUT2D eigenvalue weighted by molar-refractivity contribution is 8.01. The van der Waals surface area contributed by atoms with Gasteiger partial charge in [-0.15, -0.1) is 0 Å². The van der Waals surface area contributed by atoms with Crippen LogP contribution < -0.4 is 0 Å². The molecule has 2 aliphatic heterocycles. The van der Waals surface area contributed by atoms with Gasteiger partial charge < -0.3 is 0 Å². The normalized spacial score (nSPS) is 56.7. The van der Waals surface area contributed by atoms with E-state index in [0.29, 0.717) is 0 Å². The van der Waals surface area contributed by atoms with Gasteiger partial charge >= 0.3 is 0 Å². The molecule has 4 atom stereocenters. The van der Waals surface area contributed by atoms with Crippen molar-refractivity contribution in [1.82, 2.24) is 0 Å². The molecule has 0 aliphatic carbocycles. The van der Waals surface area contributed by atoms with Gasteiger partial charge in [0.05, 0.1) is 0 Å². The third kappa shape index (κ3) is 0.813. The predicted molar refractivity (Wildman–Crippen MR) is 42.7 cm³/mol. The number of hydrogen-bond donors (Lipinski definition) is 0. The minimum absolute atomic E-state index is 1.02. The first-order chi connectivity index (χ1) is 4.27. The fourth-order valence-electron chi connectivity index (χ4n) is 2.36. The minimum Gasteiger partial charge on any atom is -0.155 e. The summed E-state index contributed by atoms with van der Waals surface area (Å²) < 4.78 is 0. The molecule has 0 aromatic rings. The molecule has 0 nitrogen and oxygen atoms in total. The predicted octanol–water partition coefficient (Wildman–Crippen LogP) is 2.54. The molecule has 0 amide bonds. The molecule has 1 heteroatoms. The van der Waals surface area contributed by atoms with Gasteiger partial charge in [-0.2, -0.15) is 11.8 Å². The second-order valence-electron chi connectivity index (χ2n) is 3.65. The van der Waals surface area contributed by atoms with Gasteiger partial charge in [-0.3, -0.25) is 0 Å². The number of rotatable bonds is 0. The summed E-state index contributed by atoms with van der Waals surface area (Å²) in [6, 6.07) is 0. The van der Waals surface area contributed by atoms with Crippen molar-refractivity contribution in [3.8, 4) is 0 Å². The van der Waals surface area contributed by atoms with E-state index in [9.17, 15) is 0 Å². The lowest BCUT2D eigenvalue weighted by molar-refractivity contribution is 0.357. The van der Waals surface area contributed by atoms with Gasteiger partial charge in [0.2, 0.25) is 0 Å². The summed E-state index contributed by atoms with van der Waals surface area (Å²) in [5, 5.41) is 2.06. The first-order valence-corrected chi connectivity index (χ1v) is 4.87. The summed E-state index contributed by atoms with van der Waals surface area (Å²) in [6.45, 7) is 4.82. The van der Waals surface area contributed by atoms with Gasteiger partial charge in [-0.05, 0) is 24.7 Å². The standard InChI is InChI=1S/C8H14S/c1-5-3-7-4-6(2)8(5)9-7/h5-8H,3-4H2,1-2H3/t5-,6+,7?,8?. The number of hydrogen-bond acceptors (Lipinski definition) is 1. The second kappa shape index (κ2) is 1.91. The molecule has 2 saturated heterocycles. The van der Waals surface area contributed by atoms with Gasteiger partial charge in [0.15, 0.2) is 0 Å². The molecule has 0 aromatic heterocycles. The zero-order chi connectivity index (χ0) is 6.43. The number of thioether (sulfide) groups is 1. The van der Waals surface area contributed by atoms with Crippen LogP contribution in [0.5, 0.6) is 0 Å². The van der Waals surface area contributed by atoms with E-state index in [0.717, 1.165) is 22.3 Å². The van der Waals surface area contributed by atoms with Crippen LogP contribution in [-0.2, 0) is 0 Å². The Morgan fingerprint density at radius 1 is 1.11 bits per heavy atom. The van der Waals surface area contributed by atoms with Gasteiger partial charge in [0.25, 0.3) is 0 Å². The average Bonchev–Trinajstić information content (AvgIpc) is 2.22. The topological polar surface area (TPSA) is 0 Å². The molecule has 52 valence electrons. The number of fused-ring (bicyclic) bond motifs is 2. The summed E-state index contributed by atoms with van der Waals surface area (Å²) in [7, 11) is 0. The first-order valence-electron chi connectivity index (χ1n) is 3.93. The fraction of sp³-hybridized carbons (Fsp3) is 1.00. The lowest BCUT2D eigenvalue weighted by Crippen LogP contribution is -2.20. The van der Waals surface area contributed by atoms with Crippen molar-refractivity contribution >= 4 is 11.8 Å². The van der Waals surface area contributed by atoms with Gasteiger partial charge in [0.1, 0.15) is 0 Å². The van der Waals surface area contributed by atoms with Crippen LogP contribution in [0.25, 0.3) is 0 Å². The Labute approximate surface area is 61.4 Å².